The number of carbonyl (C=O) groups is 1. The van der Waals surface area contributed by atoms with E-state index in [1.165, 1.54) is 12.1 Å². The predicted octanol–water partition coefficient (Wildman–Crippen LogP) is 4.58. The number of ether oxygens (including phenoxy) is 1. The van der Waals surface area contributed by atoms with E-state index in [0.717, 1.165) is 13.2 Å². The molecule has 0 bridgehead atoms. The van der Waals surface area contributed by atoms with Crippen LogP contribution in [0, 0.1) is 0 Å². The number of rotatable bonds is 8. The average Bonchev–Trinajstić information content (AvgIpc) is 2.52. The number of aldehydes is 1. The van der Waals surface area contributed by atoms with Crippen molar-refractivity contribution < 1.29 is 39.7 Å². The van der Waals surface area contributed by atoms with Crippen LogP contribution in [0.4, 0.5) is 13.2 Å². The first-order valence-corrected chi connectivity index (χ1v) is 12.7. The second-order valence-electron chi connectivity index (χ2n) is 7.66. The van der Waals surface area contributed by atoms with E-state index in [1.54, 1.807) is 0 Å². The van der Waals surface area contributed by atoms with Crippen molar-refractivity contribution in [3.63, 3.8) is 0 Å². The Morgan fingerprint density at radius 1 is 1.14 bits per heavy atom. The van der Waals surface area contributed by atoms with Crippen molar-refractivity contribution in [2.24, 2.45) is 0 Å². The van der Waals surface area contributed by atoms with Crippen LogP contribution in [0.15, 0.2) is 18.2 Å². The summed E-state index contributed by atoms with van der Waals surface area (Å²) in [5.74, 6) is -0.833. The highest BCUT2D eigenvalue weighted by molar-refractivity contribution is 7.88. The van der Waals surface area contributed by atoms with Gasteiger partial charge in [0.05, 0.1) is 13.2 Å². The lowest BCUT2D eigenvalue weighted by molar-refractivity contribution is -0.109. The molecule has 0 aliphatic heterocycles. The number of methoxy groups -OCH3 is 1. The molecule has 11 heteroatoms. The number of halogens is 3. The minimum absolute atomic E-state index is 0.0245. The monoisotopic (exact) mass is 442 g/mol. The third kappa shape index (κ3) is 5.71. The first-order chi connectivity index (χ1) is 12.6. The maximum atomic E-state index is 12.6. The second kappa shape index (κ2) is 8.42. The van der Waals surface area contributed by atoms with Gasteiger partial charge in [0.2, 0.25) is 0 Å². The van der Waals surface area contributed by atoms with Crippen LogP contribution in [-0.4, -0.2) is 35.6 Å². The summed E-state index contributed by atoms with van der Waals surface area (Å²) in [6.07, 6.45) is 0.0556. The topological polar surface area (TPSA) is 78.9 Å². The van der Waals surface area contributed by atoms with Crippen molar-refractivity contribution >= 4 is 24.7 Å². The molecular formula is C17H25F3O6SSi. The molecule has 1 aromatic carbocycles. The van der Waals surface area contributed by atoms with E-state index >= 15 is 0 Å². The highest BCUT2D eigenvalue weighted by Gasteiger charge is 2.49. The minimum Gasteiger partial charge on any atom is -0.493 e. The molecule has 0 saturated carbocycles. The van der Waals surface area contributed by atoms with Crippen molar-refractivity contribution in [2.45, 2.75) is 56.9 Å². The van der Waals surface area contributed by atoms with Gasteiger partial charge < -0.3 is 18.1 Å². The summed E-state index contributed by atoms with van der Waals surface area (Å²) in [6, 6.07) is 3.71. The highest BCUT2D eigenvalue weighted by atomic mass is 32.2. The van der Waals surface area contributed by atoms with Gasteiger partial charge in [-0.1, -0.05) is 26.8 Å². The molecule has 160 valence electrons. The Morgan fingerprint density at radius 3 is 2.14 bits per heavy atom. The van der Waals surface area contributed by atoms with Crippen LogP contribution < -0.4 is 8.92 Å². The molecule has 0 saturated heterocycles. The molecular weight excluding hydrogens is 417 g/mol. The van der Waals surface area contributed by atoms with Crippen LogP contribution in [0.25, 0.3) is 0 Å². The highest BCUT2D eigenvalue weighted by Crippen LogP contribution is 2.42. The number of hydrogen-bond acceptors (Lipinski definition) is 6. The summed E-state index contributed by atoms with van der Waals surface area (Å²) in [5.41, 5.74) is -5.10. The van der Waals surface area contributed by atoms with E-state index in [1.807, 2.05) is 33.9 Å². The van der Waals surface area contributed by atoms with Crippen molar-refractivity contribution in [1.82, 2.24) is 0 Å². The van der Waals surface area contributed by atoms with Gasteiger partial charge in [0.25, 0.3) is 0 Å². The van der Waals surface area contributed by atoms with Gasteiger partial charge in [-0.15, -0.1) is 0 Å². The molecule has 0 amide bonds. The molecule has 1 atom stereocenters. The van der Waals surface area contributed by atoms with Gasteiger partial charge in [0.1, 0.15) is 6.29 Å². The number of hydrogen-bond donors (Lipinski definition) is 0. The lowest BCUT2D eigenvalue weighted by Crippen LogP contribution is -2.41. The van der Waals surface area contributed by atoms with Gasteiger partial charge in [0.15, 0.2) is 19.8 Å². The molecule has 28 heavy (non-hydrogen) atoms. The largest absolute Gasteiger partial charge is 0.534 e. The quantitative estimate of drug-likeness (QED) is 0.254. The zero-order valence-electron chi connectivity index (χ0n) is 16.6. The molecule has 0 radical (unpaired) electrons. The third-order valence-electron chi connectivity index (χ3n) is 4.60. The standard InChI is InChI=1S/C17H25F3O6SSi/c1-16(2,3)28(5,6)26-13(9-10-21)12-7-8-14(15(11-12)24-4)25-27(22,23)17(18,19)20/h7-8,10-11,13H,9H2,1-6H3/t13-/m1/s1. The molecule has 0 aliphatic rings. The van der Waals surface area contributed by atoms with E-state index in [2.05, 4.69) is 4.18 Å². The normalized spacial score (nSPS) is 14.5. The van der Waals surface area contributed by atoms with E-state index < -0.39 is 35.8 Å². The van der Waals surface area contributed by atoms with Crippen LogP contribution >= 0.6 is 0 Å². The second-order valence-corrected chi connectivity index (χ2v) is 14.0. The van der Waals surface area contributed by atoms with Gasteiger partial charge in [-0.25, -0.2) is 0 Å². The van der Waals surface area contributed by atoms with Gasteiger partial charge in [-0.2, -0.15) is 21.6 Å². The maximum absolute atomic E-state index is 12.6. The Bertz CT molecular complexity index is 800. The van der Waals surface area contributed by atoms with Gasteiger partial charge >= 0.3 is 15.6 Å². The first-order valence-electron chi connectivity index (χ1n) is 8.36. The first kappa shape index (κ1) is 24.4. The lowest BCUT2D eigenvalue weighted by atomic mass is 10.1. The Kier molecular flexibility index (Phi) is 7.35. The molecule has 0 aromatic heterocycles. The molecule has 0 aliphatic carbocycles. The molecule has 0 fully saturated rings. The average molecular weight is 443 g/mol. The summed E-state index contributed by atoms with van der Waals surface area (Å²) >= 11 is 0. The van der Waals surface area contributed by atoms with Gasteiger partial charge in [-0.05, 0) is 35.8 Å². The van der Waals surface area contributed by atoms with Crippen molar-refractivity contribution in [3.05, 3.63) is 23.8 Å². The smallest absolute Gasteiger partial charge is 0.493 e. The Labute approximate surface area is 164 Å². The fourth-order valence-corrected chi connectivity index (χ4v) is 3.76. The number of benzene rings is 1. The minimum atomic E-state index is -5.84. The van der Waals surface area contributed by atoms with Crippen LogP contribution in [0.2, 0.25) is 18.1 Å². The molecule has 0 heterocycles. The van der Waals surface area contributed by atoms with Crippen LogP contribution in [0.5, 0.6) is 11.5 Å². The predicted molar refractivity (Wildman–Crippen MR) is 100 cm³/mol. The van der Waals surface area contributed by atoms with Gasteiger partial charge in [-0.3, -0.25) is 0 Å². The number of alkyl halides is 3. The van der Waals surface area contributed by atoms with Crippen molar-refractivity contribution in [2.75, 3.05) is 7.11 Å². The molecule has 1 aromatic rings. The summed E-state index contributed by atoms with van der Waals surface area (Å²) in [7, 11) is -6.94. The summed E-state index contributed by atoms with van der Waals surface area (Å²) in [4.78, 5) is 11.1. The van der Waals surface area contributed by atoms with Crippen LogP contribution in [-0.2, 0) is 19.3 Å². The van der Waals surface area contributed by atoms with Crippen LogP contribution in [0.1, 0.15) is 38.9 Å². The van der Waals surface area contributed by atoms with E-state index in [-0.39, 0.29) is 17.2 Å². The molecule has 1 rings (SSSR count). The molecule has 0 spiro atoms. The van der Waals surface area contributed by atoms with E-state index in [9.17, 15) is 26.4 Å². The molecule has 0 unspecified atom stereocenters. The Balaban J connectivity index is 3.28. The maximum Gasteiger partial charge on any atom is 0.534 e. The Morgan fingerprint density at radius 2 is 1.71 bits per heavy atom. The SMILES string of the molecule is COc1cc([C@@H](CC=O)O[Si](C)(C)C(C)(C)C)ccc1OS(=O)(=O)C(F)(F)F. The zero-order valence-corrected chi connectivity index (χ0v) is 18.4. The van der Waals surface area contributed by atoms with Crippen molar-refractivity contribution in [3.8, 4) is 11.5 Å². The fraction of sp³-hybridized carbons (Fsp3) is 0.588. The summed E-state index contributed by atoms with van der Waals surface area (Å²) < 4.78 is 75.5. The van der Waals surface area contributed by atoms with E-state index in [0.29, 0.717) is 11.8 Å². The van der Waals surface area contributed by atoms with E-state index in [4.69, 9.17) is 9.16 Å². The van der Waals surface area contributed by atoms with Gasteiger partial charge in [0, 0.05) is 6.42 Å². The summed E-state index contributed by atoms with van der Waals surface area (Å²) in [5, 5.41) is -0.137. The zero-order chi connectivity index (χ0) is 22.0. The van der Waals surface area contributed by atoms with Crippen molar-refractivity contribution in [1.29, 1.82) is 0 Å². The fourth-order valence-electron chi connectivity index (χ4n) is 1.99. The molecule has 0 N–H and O–H groups in total. The summed E-state index contributed by atoms with van der Waals surface area (Å²) in [6.45, 7) is 10.1. The lowest BCUT2D eigenvalue weighted by Gasteiger charge is -2.39. The Hall–Kier alpha value is -1.59. The number of carbonyl (C=O) groups excluding carboxylic acids is 1. The molecule has 6 nitrogen and oxygen atoms in total. The third-order valence-corrected chi connectivity index (χ3v) is 10.0. The van der Waals surface area contributed by atoms with Crippen LogP contribution in [0.3, 0.4) is 0 Å².